The minimum Gasteiger partial charge on any atom is -0.497 e. The molecule has 0 aliphatic heterocycles. The molecular formula is C19H22O3. The molecule has 0 N–H and O–H groups in total. The van der Waals surface area contributed by atoms with Crippen LogP contribution in [0.2, 0.25) is 0 Å². The molecule has 0 heterocycles. The summed E-state index contributed by atoms with van der Waals surface area (Å²) >= 11 is 0. The van der Waals surface area contributed by atoms with Gasteiger partial charge in [-0.15, -0.1) is 0 Å². The van der Waals surface area contributed by atoms with Crippen LogP contribution in [-0.4, -0.2) is 19.2 Å². The van der Waals surface area contributed by atoms with Crippen LogP contribution in [0.5, 0.6) is 5.75 Å². The van der Waals surface area contributed by atoms with Crippen molar-refractivity contribution < 1.29 is 14.3 Å². The van der Waals surface area contributed by atoms with Crippen LogP contribution >= 0.6 is 0 Å². The number of esters is 1. The molecule has 2 aliphatic rings. The Labute approximate surface area is 131 Å². The average molecular weight is 298 g/mol. The van der Waals surface area contributed by atoms with Crippen molar-refractivity contribution in [3.8, 4) is 5.75 Å². The fraction of sp³-hybridized carbons (Fsp3) is 0.421. The van der Waals surface area contributed by atoms with E-state index in [2.05, 4.69) is 12.2 Å². The molecule has 2 aliphatic carbocycles. The fourth-order valence-electron chi connectivity index (χ4n) is 3.55. The van der Waals surface area contributed by atoms with E-state index >= 15 is 0 Å². The standard InChI is InChI=1S/C19H22O3/c1-13(18-12-15-3-7-16(18)11-15)22-19(20)10-6-14-4-8-17(21-2)9-5-14/h3-10,13,15-16,18H,11-12H2,1-2H3/b10-6+. The quantitative estimate of drug-likeness (QED) is 0.470. The first-order chi connectivity index (χ1) is 10.7. The zero-order valence-electron chi connectivity index (χ0n) is 13.1. The summed E-state index contributed by atoms with van der Waals surface area (Å²) in [5, 5.41) is 0. The molecule has 1 aromatic rings. The largest absolute Gasteiger partial charge is 0.497 e. The summed E-state index contributed by atoms with van der Waals surface area (Å²) in [4.78, 5) is 12.0. The molecular weight excluding hydrogens is 276 g/mol. The van der Waals surface area contributed by atoms with Gasteiger partial charge in [-0.25, -0.2) is 4.79 Å². The number of carbonyl (C=O) groups excluding carboxylic acids is 1. The highest BCUT2D eigenvalue weighted by Crippen LogP contribution is 2.45. The molecule has 0 aromatic heterocycles. The Morgan fingerprint density at radius 2 is 2.00 bits per heavy atom. The number of rotatable bonds is 5. The summed E-state index contributed by atoms with van der Waals surface area (Å²) in [6.07, 6.45) is 10.2. The van der Waals surface area contributed by atoms with Gasteiger partial charge in [-0.3, -0.25) is 0 Å². The third-order valence-electron chi connectivity index (χ3n) is 4.76. The first-order valence-electron chi connectivity index (χ1n) is 7.87. The third kappa shape index (κ3) is 3.24. The van der Waals surface area contributed by atoms with Gasteiger partial charge in [0.15, 0.2) is 0 Å². The Hall–Kier alpha value is -2.03. The lowest BCUT2D eigenvalue weighted by Crippen LogP contribution is -2.26. The predicted molar refractivity (Wildman–Crippen MR) is 86.4 cm³/mol. The van der Waals surface area contributed by atoms with Crippen molar-refractivity contribution in [1.29, 1.82) is 0 Å². The Bertz CT molecular complexity index is 585. The maximum Gasteiger partial charge on any atom is 0.331 e. The first-order valence-corrected chi connectivity index (χ1v) is 7.87. The van der Waals surface area contributed by atoms with E-state index in [0.29, 0.717) is 17.8 Å². The van der Waals surface area contributed by atoms with Crippen molar-refractivity contribution in [3.05, 3.63) is 48.1 Å². The number of methoxy groups -OCH3 is 1. The van der Waals surface area contributed by atoms with Gasteiger partial charge in [0.2, 0.25) is 0 Å². The second-order valence-corrected chi connectivity index (χ2v) is 6.19. The molecule has 3 rings (SSSR count). The highest BCUT2D eigenvalue weighted by atomic mass is 16.5. The second kappa shape index (κ2) is 6.39. The Kier molecular flexibility index (Phi) is 4.32. The van der Waals surface area contributed by atoms with Gasteiger partial charge in [0, 0.05) is 12.0 Å². The molecule has 1 aromatic carbocycles. The molecule has 1 saturated carbocycles. The monoisotopic (exact) mass is 298 g/mol. The van der Waals surface area contributed by atoms with Crippen LogP contribution in [-0.2, 0) is 9.53 Å². The van der Waals surface area contributed by atoms with Crippen LogP contribution < -0.4 is 4.74 Å². The highest BCUT2D eigenvalue weighted by molar-refractivity contribution is 5.87. The molecule has 4 unspecified atom stereocenters. The van der Waals surface area contributed by atoms with Gasteiger partial charge in [0.25, 0.3) is 0 Å². The smallest absolute Gasteiger partial charge is 0.331 e. The minimum atomic E-state index is -0.268. The van der Waals surface area contributed by atoms with E-state index in [4.69, 9.17) is 9.47 Å². The van der Waals surface area contributed by atoms with Gasteiger partial charge < -0.3 is 9.47 Å². The predicted octanol–water partition coefficient (Wildman–Crippen LogP) is 3.85. The highest BCUT2D eigenvalue weighted by Gasteiger charge is 2.39. The summed E-state index contributed by atoms with van der Waals surface area (Å²) in [5.74, 6) is 2.31. The zero-order chi connectivity index (χ0) is 15.5. The van der Waals surface area contributed by atoms with Gasteiger partial charge in [0.1, 0.15) is 11.9 Å². The SMILES string of the molecule is COc1ccc(/C=C/C(=O)OC(C)C2CC3C=CC2C3)cc1. The Balaban J connectivity index is 1.53. The number of hydrogen-bond acceptors (Lipinski definition) is 3. The van der Waals surface area contributed by atoms with E-state index in [1.165, 1.54) is 12.5 Å². The van der Waals surface area contributed by atoms with Crippen molar-refractivity contribution in [2.24, 2.45) is 17.8 Å². The molecule has 4 atom stereocenters. The molecule has 0 saturated heterocycles. The van der Waals surface area contributed by atoms with Crippen LogP contribution in [0.1, 0.15) is 25.3 Å². The molecule has 3 nitrogen and oxygen atoms in total. The van der Waals surface area contributed by atoms with E-state index in [1.54, 1.807) is 13.2 Å². The second-order valence-electron chi connectivity index (χ2n) is 6.19. The number of fused-ring (bicyclic) bond motifs is 2. The minimum absolute atomic E-state index is 0.0204. The number of hydrogen-bond donors (Lipinski definition) is 0. The zero-order valence-corrected chi connectivity index (χ0v) is 13.1. The van der Waals surface area contributed by atoms with Crippen LogP contribution in [0.25, 0.3) is 6.08 Å². The van der Waals surface area contributed by atoms with Crippen LogP contribution in [0.15, 0.2) is 42.5 Å². The number of benzene rings is 1. The number of carbonyl (C=O) groups is 1. The lowest BCUT2D eigenvalue weighted by Gasteiger charge is -2.24. The Morgan fingerprint density at radius 3 is 2.59 bits per heavy atom. The van der Waals surface area contributed by atoms with E-state index in [9.17, 15) is 4.79 Å². The molecule has 0 spiro atoms. The fourth-order valence-corrected chi connectivity index (χ4v) is 3.55. The lowest BCUT2D eigenvalue weighted by molar-refractivity contribution is -0.145. The summed E-state index contributed by atoms with van der Waals surface area (Å²) in [5.41, 5.74) is 0.952. The van der Waals surface area contributed by atoms with Crippen molar-refractivity contribution in [3.63, 3.8) is 0 Å². The average Bonchev–Trinajstić information content (AvgIpc) is 3.16. The summed E-state index contributed by atoms with van der Waals surface area (Å²) in [7, 11) is 1.63. The maximum absolute atomic E-state index is 12.0. The van der Waals surface area contributed by atoms with Crippen molar-refractivity contribution >= 4 is 12.0 Å². The van der Waals surface area contributed by atoms with E-state index < -0.39 is 0 Å². The topological polar surface area (TPSA) is 35.5 Å². The van der Waals surface area contributed by atoms with E-state index in [1.807, 2.05) is 31.2 Å². The summed E-state index contributed by atoms with van der Waals surface area (Å²) in [6.45, 7) is 2.01. The van der Waals surface area contributed by atoms with Gasteiger partial charge in [-0.1, -0.05) is 24.3 Å². The molecule has 0 amide bonds. The lowest BCUT2D eigenvalue weighted by atomic mass is 9.89. The third-order valence-corrected chi connectivity index (χ3v) is 4.76. The van der Waals surface area contributed by atoms with E-state index in [-0.39, 0.29) is 12.1 Å². The molecule has 0 radical (unpaired) electrons. The van der Waals surface area contributed by atoms with Crippen LogP contribution in [0.3, 0.4) is 0 Å². The maximum atomic E-state index is 12.0. The Morgan fingerprint density at radius 1 is 1.23 bits per heavy atom. The van der Waals surface area contributed by atoms with Crippen molar-refractivity contribution in [2.45, 2.75) is 25.9 Å². The first kappa shape index (κ1) is 14.9. The molecule has 3 heteroatoms. The van der Waals surface area contributed by atoms with Crippen LogP contribution in [0, 0.1) is 17.8 Å². The summed E-state index contributed by atoms with van der Waals surface area (Å²) in [6, 6.07) is 7.56. The molecule has 116 valence electrons. The van der Waals surface area contributed by atoms with Gasteiger partial charge in [0.05, 0.1) is 7.11 Å². The molecule has 1 fully saturated rings. The molecule has 22 heavy (non-hydrogen) atoms. The van der Waals surface area contributed by atoms with E-state index in [0.717, 1.165) is 17.7 Å². The van der Waals surface area contributed by atoms with Crippen molar-refractivity contribution in [1.82, 2.24) is 0 Å². The van der Waals surface area contributed by atoms with Crippen molar-refractivity contribution in [2.75, 3.05) is 7.11 Å². The number of ether oxygens (including phenoxy) is 2. The van der Waals surface area contributed by atoms with Gasteiger partial charge in [-0.05, 0) is 55.4 Å². The normalized spacial score (nSPS) is 27.3. The van der Waals surface area contributed by atoms with Gasteiger partial charge in [-0.2, -0.15) is 0 Å². The molecule has 2 bridgehead atoms. The number of allylic oxidation sites excluding steroid dienone is 2. The van der Waals surface area contributed by atoms with Gasteiger partial charge >= 0.3 is 5.97 Å². The summed E-state index contributed by atoms with van der Waals surface area (Å²) < 4.78 is 10.7. The van der Waals surface area contributed by atoms with Crippen LogP contribution in [0.4, 0.5) is 0 Å².